The van der Waals surface area contributed by atoms with Crippen LogP contribution in [-0.4, -0.2) is 17.6 Å². The van der Waals surface area contributed by atoms with Crippen LogP contribution in [0.4, 0.5) is 10.1 Å². The van der Waals surface area contributed by atoms with Crippen molar-refractivity contribution >= 4 is 40.6 Å². The number of carbonyl (C=O) groups is 2. The third-order valence-corrected chi connectivity index (χ3v) is 4.71. The fourth-order valence-corrected chi connectivity index (χ4v) is 2.92. The van der Waals surface area contributed by atoms with Crippen LogP contribution in [0.2, 0.25) is 5.02 Å². The fraction of sp³-hybridized carbons (Fsp3) is 0.130. The van der Waals surface area contributed by atoms with Crippen molar-refractivity contribution in [1.82, 2.24) is 0 Å². The van der Waals surface area contributed by atoms with Crippen molar-refractivity contribution < 1.29 is 14.0 Å². The standard InChI is InChI=1S/C16H13ClFNO2.C7H8ClN/c1-10-4-2-5-11(8-10)16(21)15-12(18)6-3-7-13(15)19-14(20)9-17;8-7-4-2-1-3-6(7)5-9/h2-8H,9H2,1H3,(H,19,20);1-4H,5,9H2. The van der Waals surface area contributed by atoms with Gasteiger partial charge in [0.25, 0.3) is 0 Å². The molecular weight excluding hydrogens is 426 g/mol. The van der Waals surface area contributed by atoms with E-state index in [0.29, 0.717) is 12.1 Å². The van der Waals surface area contributed by atoms with Gasteiger partial charge in [0.05, 0.1) is 11.3 Å². The first-order chi connectivity index (χ1) is 14.4. The average Bonchev–Trinajstić information content (AvgIpc) is 2.74. The molecule has 3 rings (SSSR count). The minimum atomic E-state index is -0.686. The zero-order valence-corrected chi connectivity index (χ0v) is 17.8. The van der Waals surface area contributed by atoms with Crippen LogP contribution in [0.5, 0.6) is 0 Å². The Hall–Kier alpha value is -2.73. The van der Waals surface area contributed by atoms with Crippen molar-refractivity contribution in [1.29, 1.82) is 0 Å². The lowest BCUT2D eigenvalue weighted by Crippen LogP contribution is -2.17. The zero-order chi connectivity index (χ0) is 22.1. The van der Waals surface area contributed by atoms with Gasteiger partial charge in [0.1, 0.15) is 11.7 Å². The normalized spacial score (nSPS) is 10.0. The van der Waals surface area contributed by atoms with Crippen molar-refractivity contribution in [2.45, 2.75) is 13.5 Å². The first kappa shape index (κ1) is 23.5. The van der Waals surface area contributed by atoms with Gasteiger partial charge in [-0.25, -0.2) is 4.39 Å². The second kappa shape index (κ2) is 11.5. The summed E-state index contributed by atoms with van der Waals surface area (Å²) < 4.78 is 14.0. The van der Waals surface area contributed by atoms with Gasteiger partial charge in [-0.3, -0.25) is 9.59 Å². The molecule has 0 spiro atoms. The van der Waals surface area contributed by atoms with Crippen molar-refractivity contribution in [3.05, 3.63) is 99.8 Å². The Morgan fingerprint density at radius 2 is 1.73 bits per heavy atom. The van der Waals surface area contributed by atoms with Crippen molar-refractivity contribution in [2.24, 2.45) is 5.73 Å². The summed E-state index contributed by atoms with van der Waals surface area (Å²) in [6.07, 6.45) is 0. The van der Waals surface area contributed by atoms with Gasteiger partial charge >= 0.3 is 0 Å². The van der Waals surface area contributed by atoms with E-state index in [9.17, 15) is 14.0 Å². The molecule has 1 amide bonds. The quantitative estimate of drug-likeness (QED) is 0.410. The summed E-state index contributed by atoms with van der Waals surface area (Å²) in [5.74, 6) is -1.94. The third kappa shape index (κ3) is 6.39. The number of anilines is 1. The van der Waals surface area contributed by atoms with Crippen molar-refractivity contribution in [3.8, 4) is 0 Å². The summed E-state index contributed by atoms with van der Waals surface area (Å²) in [6, 6.07) is 18.5. The van der Waals surface area contributed by atoms with Gasteiger partial charge in [-0.1, -0.05) is 59.6 Å². The summed E-state index contributed by atoms with van der Waals surface area (Å²) in [5, 5.41) is 3.18. The SMILES string of the molecule is Cc1cccc(C(=O)c2c(F)cccc2NC(=O)CCl)c1.NCc1ccccc1Cl. The monoisotopic (exact) mass is 446 g/mol. The van der Waals surface area contributed by atoms with E-state index < -0.39 is 17.5 Å². The lowest BCUT2D eigenvalue weighted by atomic mass is 9.99. The number of nitrogens with two attached hydrogens (primary N) is 1. The molecule has 0 aliphatic carbocycles. The number of hydrogen-bond donors (Lipinski definition) is 2. The minimum absolute atomic E-state index is 0.118. The zero-order valence-electron chi connectivity index (χ0n) is 16.3. The van der Waals surface area contributed by atoms with E-state index in [4.69, 9.17) is 28.9 Å². The summed E-state index contributed by atoms with van der Waals surface area (Å²) in [7, 11) is 0. The smallest absolute Gasteiger partial charge is 0.239 e. The molecule has 30 heavy (non-hydrogen) atoms. The van der Waals surface area contributed by atoms with E-state index in [1.165, 1.54) is 18.2 Å². The molecular formula is C23H21Cl2FN2O2. The number of alkyl halides is 1. The predicted octanol–water partition coefficient (Wildman–Crippen LogP) is 5.34. The minimum Gasteiger partial charge on any atom is -0.326 e. The van der Waals surface area contributed by atoms with Crippen LogP contribution in [-0.2, 0) is 11.3 Å². The molecule has 0 atom stereocenters. The van der Waals surface area contributed by atoms with Crippen LogP contribution in [0.25, 0.3) is 0 Å². The molecule has 3 aromatic rings. The molecule has 0 saturated heterocycles. The van der Waals surface area contributed by atoms with Gasteiger partial charge in [-0.2, -0.15) is 0 Å². The number of benzene rings is 3. The summed E-state index contributed by atoms with van der Waals surface area (Å²) in [6.45, 7) is 2.36. The number of carbonyl (C=O) groups excluding carboxylic acids is 2. The van der Waals surface area contributed by atoms with Crippen LogP contribution >= 0.6 is 23.2 Å². The fourth-order valence-electron chi connectivity index (χ4n) is 2.64. The van der Waals surface area contributed by atoms with Crippen LogP contribution in [0, 0.1) is 12.7 Å². The average molecular weight is 447 g/mol. The molecule has 0 aromatic heterocycles. The lowest BCUT2D eigenvalue weighted by Gasteiger charge is -2.11. The molecule has 4 nitrogen and oxygen atoms in total. The number of aryl methyl sites for hydroxylation is 1. The summed E-state index contributed by atoms with van der Waals surface area (Å²) in [5.41, 5.74) is 7.57. The van der Waals surface area contributed by atoms with Gasteiger partial charge in [0.15, 0.2) is 5.78 Å². The predicted molar refractivity (Wildman–Crippen MR) is 120 cm³/mol. The Bertz CT molecular complexity index is 1040. The molecule has 156 valence electrons. The highest BCUT2D eigenvalue weighted by atomic mass is 35.5. The number of ketones is 1. The van der Waals surface area contributed by atoms with Gasteiger partial charge in [0.2, 0.25) is 5.91 Å². The number of nitrogens with one attached hydrogen (secondary N) is 1. The first-order valence-corrected chi connectivity index (χ1v) is 9.97. The molecule has 3 aromatic carbocycles. The van der Waals surface area contributed by atoms with Gasteiger partial charge in [0, 0.05) is 17.1 Å². The Morgan fingerprint density at radius 1 is 1.03 bits per heavy atom. The van der Waals surface area contributed by atoms with E-state index >= 15 is 0 Å². The van der Waals surface area contributed by atoms with Crippen LogP contribution < -0.4 is 11.1 Å². The first-order valence-electron chi connectivity index (χ1n) is 9.06. The van der Waals surface area contributed by atoms with Crippen molar-refractivity contribution in [3.63, 3.8) is 0 Å². The number of rotatable bonds is 5. The van der Waals surface area contributed by atoms with Gasteiger partial charge in [-0.05, 0) is 36.8 Å². The maximum absolute atomic E-state index is 14.0. The maximum Gasteiger partial charge on any atom is 0.239 e. The summed E-state index contributed by atoms with van der Waals surface area (Å²) >= 11 is 11.2. The maximum atomic E-state index is 14.0. The molecule has 0 bridgehead atoms. The molecule has 0 radical (unpaired) electrons. The second-order valence-electron chi connectivity index (χ2n) is 6.34. The molecule has 3 N–H and O–H groups in total. The van der Waals surface area contributed by atoms with E-state index in [1.807, 2.05) is 37.3 Å². The van der Waals surface area contributed by atoms with Gasteiger partial charge in [-0.15, -0.1) is 11.6 Å². The molecule has 7 heteroatoms. The lowest BCUT2D eigenvalue weighted by molar-refractivity contribution is -0.113. The van der Waals surface area contributed by atoms with E-state index in [-0.39, 0.29) is 17.1 Å². The Labute approximate surface area is 184 Å². The molecule has 0 heterocycles. The highest BCUT2D eigenvalue weighted by molar-refractivity contribution is 6.31. The summed E-state index contributed by atoms with van der Waals surface area (Å²) in [4.78, 5) is 23.9. The van der Waals surface area contributed by atoms with Crippen LogP contribution in [0.3, 0.4) is 0 Å². The highest BCUT2D eigenvalue weighted by Crippen LogP contribution is 2.23. The third-order valence-electron chi connectivity index (χ3n) is 4.09. The Kier molecular flexibility index (Phi) is 8.99. The van der Waals surface area contributed by atoms with Gasteiger partial charge < -0.3 is 11.1 Å². The van der Waals surface area contributed by atoms with Crippen molar-refractivity contribution in [2.75, 3.05) is 11.2 Å². The van der Waals surface area contributed by atoms with Crippen LogP contribution in [0.1, 0.15) is 27.0 Å². The number of halogens is 3. The highest BCUT2D eigenvalue weighted by Gasteiger charge is 2.19. The molecule has 0 fully saturated rings. The molecule has 0 unspecified atom stereocenters. The number of amides is 1. The van der Waals surface area contributed by atoms with Crippen LogP contribution in [0.15, 0.2) is 66.7 Å². The van der Waals surface area contributed by atoms with E-state index in [1.54, 1.807) is 18.2 Å². The van der Waals surface area contributed by atoms with E-state index in [2.05, 4.69) is 5.32 Å². The van der Waals surface area contributed by atoms with E-state index in [0.717, 1.165) is 16.1 Å². The molecule has 0 saturated carbocycles. The molecule has 0 aliphatic rings. The second-order valence-corrected chi connectivity index (χ2v) is 7.01. The molecule has 0 aliphatic heterocycles. The largest absolute Gasteiger partial charge is 0.326 e. The Morgan fingerprint density at radius 3 is 2.33 bits per heavy atom. The number of hydrogen-bond acceptors (Lipinski definition) is 3. The topological polar surface area (TPSA) is 72.2 Å². The Balaban J connectivity index is 0.000000297.